The maximum absolute atomic E-state index is 13.5. The van der Waals surface area contributed by atoms with E-state index in [0.717, 1.165) is 60.0 Å². The summed E-state index contributed by atoms with van der Waals surface area (Å²) in [6, 6.07) is 19.6. The van der Waals surface area contributed by atoms with Gasteiger partial charge in [-0.2, -0.15) is 0 Å². The fourth-order valence-electron chi connectivity index (χ4n) is 5.12. The lowest BCUT2D eigenvalue weighted by molar-refractivity contribution is -0.144. The normalized spacial score (nSPS) is 14.3. The van der Waals surface area contributed by atoms with Crippen LogP contribution in [0.2, 0.25) is 0 Å². The number of ether oxygens (including phenoxy) is 1. The number of benzene rings is 3. The Hall–Kier alpha value is -4.13. The van der Waals surface area contributed by atoms with Crippen molar-refractivity contribution >= 4 is 29.3 Å². The van der Waals surface area contributed by atoms with Crippen molar-refractivity contribution in [1.82, 2.24) is 5.32 Å². The Morgan fingerprint density at radius 1 is 0.816 bits per heavy atom. The predicted octanol–water partition coefficient (Wildman–Crippen LogP) is 6.47. The van der Waals surface area contributed by atoms with E-state index >= 15 is 0 Å². The summed E-state index contributed by atoms with van der Waals surface area (Å²) in [4.78, 5) is 39.3. The number of methoxy groups -OCH3 is 1. The lowest BCUT2D eigenvalue weighted by Crippen LogP contribution is -2.47. The summed E-state index contributed by atoms with van der Waals surface area (Å²) in [7, 11) is 1.34. The van der Waals surface area contributed by atoms with Crippen LogP contribution in [0, 0.1) is 19.8 Å². The molecule has 3 aromatic rings. The van der Waals surface area contributed by atoms with Crippen molar-refractivity contribution in [3.63, 3.8) is 0 Å². The summed E-state index contributed by atoms with van der Waals surface area (Å²) < 4.78 is 5.03. The number of aryl methyl sites for hydroxylation is 2. The number of hydrogen-bond acceptors (Lipinski definition) is 4. The summed E-state index contributed by atoms with van der Waals surface area (Å²) in [5.74, 6) is -0.867. The first-order chi connectivity index (χ1) is 18.4. The molecule has 0 radical (unpaired) electrons. The molecule has 0 bridgehead atoms. The zero-order chi connectivity index (χ0) is 27.1. The van der Waals surface area contributed by atoms with Crippen LogP contribution in [0.5, 0.6) is 0 Å². The molecule has 1 aliphatic carbocycles. The van der Waals surface area contributed by atoms with Crippen LogP contribution in [0.15, 0.2) is 66.7 Å². The molecule has 198 valence electrons. The first-order valence-corrected chi connectivity index (χ1v) is 13.1. The van der Waals surface area contributed by atoms with Crippen LogP contribution in [0.25, 0.3) is 11.1 Å². The maximum atomic E-state index is 13.5. The third-order valence-corrected chi connectivity index (χ3v) is 7.20. The average molecular weight is 514 g/mol. The summed E-state index contributed by atoms with van der Waals surface area (Å²) in [5.41, 5.74) is 5.01. The standard InChI is InChI=1S/C31H35N3O4/c1-20-11-10-12-21(2)27(20)34-31(37)32-26-19-24(22-13-6-4-7-14-22)17-18-25(26)29(35)33-28(30(36)38-3)23-15-8-5-9-16-23/h4,6-7,10-14,17-19,23,28H,5,8-9,15-16H2,1-3H3,(H,33,35)(H2,32,34,37)/t28-/m0/s1. The van der Waals surface area contributed by atoms with Crippen LogP contribution in [0.1, 0.15) is 53.6 Å². The third kappa shape index (κ3) is 6.40. The molecule has 7 nitrogen and oxygen atoms in total. The number of nitrogens with one attached hydrogen (secondary N) is 3. The van der Waals surface area contributed by atoms with Gasteiger partial charge >= 0.3 is 12.0 Å². The smallest absolute Gasteiger partial charge is 0.328 e. The highest BCUT2D eigenvalue weighted by Gasteiger charge is 2.32. The molecule has 7 heteroatoms. The van der Waals surface area contributed by atoms with Crippen molar-refractivity contribution in [3.8, 4) is 11.1 Å². The number of rotatable bonds is 7. The molecule has 0 heterocycles. The molecule has 38 heavy (non-hydrogen) atoms. The summed E-state index contributed by atoms with van der Waals surface area (Å²) >= 11 is 0. The van der Waals surface area contributed by atoms with E-state index in [9.17, 15) is 14.4 Å². The molecule has 0 saturated heterocycles. The van der Waals surface area contributed by atoms with Crippen molar-refractivity contribution < 1.29 is 19.1 Å². The second-order valence-electron chi connectivity index (χ2n) is 9.84. The molecule has 0 aliphatic heterocycles. The molecule has 1 fully saturated rings. The third-order valence-electron chi connectivity index (χ3n) is 7.20. The summed E-state index contributed by atoms with van der Waals surface area (Å²) in [6.07, 6.45) is 4.88. The predicted molar refractivity (Wildman–Crippen MR) is 150 cm³/mol. The second kappa shape index (κ2) is 12.4. The molecular weight excluding hydrogens is 478 g/mol. The van der Waals surface area contributed by atoms with Gasteiger partial charge in [0.25, 0.3) is 5.91 Å². The maximum Gasteiger partial charge on any atom is 0.328 e. The van der Waals surface area contributed by atoms with Crippen molar-refractivity contribution in [2.24, 2.45) is 5.92 Å². The van der Waals surface area contributed by atoms with Crippen molar-refractivity contribution in [2.75, 3.05) is 17.7 Å². The van der Waals surface area contributed by atoms with Gasteiger partial charge in [-0.05, 0) is 67.0 Å². The Morgan fingerprint density at radius 2 is 1.50 bits per heavy atom. The minimum Gasteiger partial charge on any atom is -0.467 e. The number of para-hydroxylation sites is 1. The van der Waals surface area contributed by atoms with Gasteiger partial charge in [0.05, 0.1) is 18.4 Å². The van der Waals surface area contributed by atoms with Crippen LogP contribution < -0.4 is 16.0 Å². The fraction of sp³-hybridized carbons (Fsp3) is 0.323. The monoisotopic (exact) mass is 513 g/mol. The molecule has 3 aromatic carbocycles. The Balaban J connectivity index is 1.64. The summed E-state index contributed by atoms with van der Waals surface area (Å²) in [5, 5.41) is 8.70. The van der Waals surface area contributed by atoms with Gasteiger partial charge in [0, 0.05) is 5.69 Å². The fourth-order valence-corrected chi connectivity index (χ4v) is 5.12. The Morgan fingerprint density at radius 3 is 2.16 bits per heavy atom. The molecule has 1 saturated carbocycles. The van der Waals surface area contributed by atoms with Crippen LogP contribution in [0.4, 0.5) is 16.2 Å². The molecule has 0 aromatic heterocycles. The van der Waals surface area contributed by atoms with Crippen molar-refractivity contribution in [3.05, 3.63) is 83.4 Å². The number of urea groups is 1. The molecule has 1 atom stereocenters. The van der Waals surface area contributed by atoms with Crippen molar-refractivity contribution in [2.45, 2.75) is 52.0 Å². The van der Waals surface area contributed by atoms with E-state index in [1.807, 2.05) is 68.4 Å². The van der Waals surface area contributed by atoms with Gasteiger partial charge in [-0.1, -0.05) is 73.9 Å². The highest BCUT2D eigenvalue weighted by Crippen LogP contribution is 2.29. The van der Waals surface area contributed by atoms with E-state index in [1.165, 1.54) is 7.11 Å². The van der Waals surface area contributed by atoms with E-state index in [4.69, 9.17) is 4.74 Å². The number of anilines is 2. The molecule has 3 N–H and O–H groups in total. The minimum atomic E-state index is -0.738. The number of carbonyl (C=O) groups excluding carboxylic acids is 3. The lowest BCUT2D eigenvalue weighted by atomic mass is 9.83. The van der Waals surface area contributed by atoms with E-state index in [1.54, 1.807) is 12.1 Å². The molecule has 0 spiro atoms. The van der Waals surface area contributed by atoms with Gasteiger partial charge in [-0.25, -0.2) is 9.59 Å². The first-order valence-electron chi connectivity index (χ1n) is 13.1. The molecule has 1 aliphatic rings. The largest absolute Gasteiger partial charge is 0.467 e. The average Bonchev–Trinajstić information content (AvgIpc) is 2.94. The van der Waals surface area contributed by atoms with Crippen LogP contribution in [-0.4, -0.2) is 31.1 Å². The van der Waals surface area contributed by atoms with Gasteiger partial charge in [0.1, 0.15) is 6.04 Å². The van der Waals surface area contributed by atoms with Crippen LogP contribution in [0.3, 0.4) is 0 Å². The Labute approximate surface area is 224 Å². The number of hydrogen-bond donors (Lipinski definition) is 3. The number of amides is 3. The van der Waals surface area contributed by atoms with E-state index in [0.29, 0.717) is 5.69 Å². The minimum absolute atomic E-state index is 0.0208. The highest BCUT2D eigenvalue weighted by atomic mass is 16.5. The zero-order valence-electron chi connectivity index (χ0n) is 22.2. The van der Waals surface area contributed by atoms with Crippen LogP contribution in [-0.2, 0) is 9.53 Å². The Kier molecular flexibility index (Phi) is 8.79. The number of carbonyl (C=O) groups is 3. The van der Waals surface area contributed by atoms with Crippen molar-refractivity contribution in [1.29, 1.82) is 0 Å². The molecule has 3 amide bonds. The second-order valence-corrected chi connectivity index (χ2v) is 9.84. The highest BCUT2D eigenvalue weighted by molar-refractivity contribution is 6.08. The lowest BCUT2D eigenvalue weighted by Gasteiger charge is -2.29. The molecule has 4 rings (SSSR count). The van der Waals surface area contributed by atoms with E-state index in [-0.39, 0.29) is 11.5 Å². The quantitative estimate of drug-likeness (QED) is 0.316. The van der Waals surface area contributed by atoms with E-state index < -0.39 is 23.9 Å². The topological polar surface area (TPSA) is 96.5 Å². The van der Waals surface area contributed by atoms with Gasteiger partial charge in [0.2, 0.25) is 0 Å². The zero-order valence-corrected chi connectivity index (χ0v) is 22.2. The Bertz CT molecular complexity index is 1280. The van der Waals surface area contributed by atoms with Gasteiger partial charge < -0.3 is 20.7 Å². The molecular formula is C31H35N3O4. The van der Waals surface area contributed by atoms with Crippen LogP contribution >= 0.6 is 0 Å². The first kappa shape index (κ1) is 26.9. The number of esters is 1. The van der Waals surface area contributed by atoms with E-state index in [2.05, 4.69) is 16.0 Å². The molecule has 0 unspecified atom stereocenters. The van der Waals surface area contributed by atoms with Gasteiger partial charge in [-0.15, -0.1) is 0 Å². The summed E-state index contributed by atoms with van der Waals surface area (Å²) in [6.45, 7) is 3.85. The van der Waals surface area contributed by atoms with Gasteiger partial charge in [-0.3, -0.25) is 4.79 Å². The van der Waals surface area contributed by atoms with Gasteiger partial charge in [0.15, 0.2) is 0 Å². The SMILES string of the molecule is COC(=O)[C@@H](NC(=O)c1ccc(-c2ccccc2)cc1NC(=O)Nc1c(C)cccc1C)C1CCCCC1.